The van der Waals surface area contributed by atoms with Crippen LogP contribution in [0.4, 0.5) is 0 Å². The second-order valence-corrected chi connectivity index (χ2v) is 7.14. The highest BCUT2D eigenvalue weighted by atomic mass is 16.5. The first-order valence-electron chi connectivity index (χ1n) is 9.65. The summed E-state index contributed by atoms with van der Waals surface area (Å²) >= 11 is 0. The molecule has 2 atom stereocenters. The zero-order valence-electron chi connectivity index (χ0n) is 16.6. The number of rotatable bonds is 6. The SMILES string of the molecule is COc1ccc(O[C@@H]2CCN(Cc3ccc4nccnc4c3)C[C@H]2O)cc1OC. The summed E-state index contributed by atoms with van der Waals surface area (Å²) in [5, 5.41) is 10.6. The Hall–Kier alpha value is -2.90. The van der Waals surface area contributed by atoms with Gasteiger partial charge in [-0.15, -0.1) is 0 Å². The highest BCUT2D eigenvalue weighted by Gasteiger charge is 2.29. The number of ether oxygens (including phenoxy) is 3. The van der Waals surface area contributed by atoms with Crippen molar-refractivity contribution in [3.63, 3.8) is 0 Å². The van der Waals surface area contributed by atoms with E-state index >= 15 is 0 Å². The van der Waals surface area contributed by atoms with Gasteiger partial charge in [0, 0.05) is 38.1 Å². The smallest absolute Gasteiger partial charge is 0.164 e. The van der Waals surface area contributed by atoms with Crippen molar-refractivity contribution in [1.82, 2.24) is 14.9 Å². The molecule has 0 amide bonds. The van der Waals surface area contributed by atoms with Crippen LogP contribution in [0.3, 0.4) is 0 Å². The van der Waals surface area contributed by atoms with Crippen LogP contribution in [0.15, 0.2) is 48.8 Å². The Kier molecular flexibility index (Phi) is 5.78. The van der Waals surface area contributed by atoms with Gasteiger partial charge in [-0.2, -0.15) is 0 Å². The van der Waals surface area contributed by atoms with Crippen LogP contribution in [-0.2, 0) is 6.54 Å². The second-order valence-electron chi connectivity index (χ2n) is 7.14. The lowest BCUT2D eigenvalue weighted by Gasteiger charge is -2.36. The average Bonchev–Trinajstić information content (AvgIpc) is 2.75. The molecule has 0 saturated carbocycles. The molecule has 7 nitrogen and oxygen atoms in total. The van der Waals surface area contributed by atoms with Crippen molar-refractivity contribution >= 4 is 11.0 Å². The number of aliphatic hydroxyl groups excluding tert-OH is 1. The highest BCUT2D eigenvalue weighted by Crippen LogP contribution is 2.32. The quantitative estimate of drug-likeness (QED) is 0.688. The summed E-state index contributed by atoms with van der Waals surface area (Å²) in [6.45, 7) is 2.15. The Morgan fingerprint density at radius 3 is 2.55 bits per heavy atom. The van der Waals surface area contributed by atoms with Crippen LogP contribution in [0.2, 0.25) is 0 Å². The molecule has 2 aromatic carbocycles. The topological polar surface area (TPSA) is 76.9 Å². The number of fused-ring (bicyclic) bond motifs is 1. The Morgan fingerprint density at radius 1 is 1.00 bits per heavy atom. The first kappa shape index (κ1) is 19.4. The van der Waals surface area contributed by atoms with Gasteiger partial charge in [-0.05, 0) is 36.2 Å². The van der Waals surface area contributed by atoms with E-state index in [2.05, 4.69) is 27.0 Å². The van der Waals surface area contributed by atoms with Gasteiger partial charge in [-0.25, -0.2) is 0 Å². The first-order chi connectivity index (χ1) is 14.2. The van der Waals surface area contributed by atoms with E-state index in [-0.39, 0.29) is 6.10 Å². The maximum absolute atomic E-state index is 10.6. The number of hydrogen-bond donors (Lipinski definition) is 1. The molecule has 0 aliphatic carbocycles. The van der Waals surface area contributed by atoms with E-state index in [0.717, 1.165) is 36.1 Å². The third-order valence-corrected chi connectivity index (χ3v) is 5.19. The van der Waals surface area contributed by atoms with Crippen LogP contribution in [0.25, 0.3) is 11.0 Å². The first-order valence-corrected chi connectivity index (χ1v) is 9.65. The molecule has 7 heteroatoms. The minimum absolute atomic E-state index is 0.258. The summed E-state index contributed by atoms with van der Waals surface area (Å²) in [5.41, 5.74) is 2.93. The number of β-amino-alcohol motifs (C(OH)–C–C–N with tert-alkyl or cyclic N) is 1. The number of methoxy groups -OCH3 is 2. The maximum Gasteiger partial charge on any atom is 0.164 e. The fraction of sp³-hybridized carbons (Fsp3) is 0.364. The largest absolute Gasteiger partial charge is 0.493 e. The molecule has 1 fully saturated rings. The third kappa shape index (κ3) is 4.41. The van der Waals surface area contributed by atoms with Gasteiger partial charge in [0.2, 0.25) is 0 Å². The van der Waals surface area contributed by atoms with Crippen LogP contribution in [0, 0.1) is 0 Å². The Morgan fingerprint density at radius 2 is 1.79 bits per heavy atom. The van der Waals surface area contributed by atoms with E-state index in [1.165, 1.54) is 0 Å². The third-order valence-electron chi connectivity index (χ3n) is 5.19. The van der Waals surface area contributed by atoms with Crippen LogP contribution in [0.5, 0.6) is 17.2 Å². The number of aliphatic hydroxyl groups is 1. The molecule has 1 aromatic heterocycles. The molecule has 4 rings (SSSR count). The van der Waals surface area contributed by atoms with E-state index in [1.807, 2.05) is 12.1 Å². The van der Waals surface area contributed by atoms with Gasteiger partial charge in [0.25, 0.3) is 0 Å². The molecular formula is C22H25N3O4. The number of aromatic nitrogens is 2. The lowest BCUT2D eigenvalue weighted by molar-refractivity contribution is -0.0275. The van der Waals surface area contributed by atoms with Gasteiger partial charge in [0.05, 0.1) is 25.3 Å². The van der Waals surface area contributed by atoms with Gasteiger partial charge in [0.15, 0.2) is 11.5 Å². The van der Waals surface area contributed by atoms with Crippen LogP contribution < -0.4 is 14.2 Å². The molecule has 3 aromatic rings. The summed E-state index contributed by atoms with van der Waals surface area (Å²) in [7, 11) is 3.19. The Labute approximate surface area is 169 Å². The normalized spacial score (nSPS) is 19.8. The number of nitrogens with zero attached hydrogens (tertiary/aromatic N) is 3. The minimum Gasteiger partial charge on any atom is -0.493 e. The standard InChI is InChI=1S/C22H25N3O4/c1-27-21-6-4-16(12-22(21)28-2)29-20-7-10-25(14-19(20)26)13-15-3-5-17-18(11-15)24-9-8-23-17/h3-6,8-9,11-12,19-20,26H,7,10,13-14H2,1-2H3/t19-,20-/m1/s1. The van der Waals surface area contributed by atoms with E-state index in [4.69, 9.17) is 14.2 Å². The minimum atomic E-state index is -0.572. The predicted octanol–water partition coefficient (Wildman–Crippen LogP) is 2.66. The van der Waals surface area contributed by atoms with Gasteiger partial charge >= 0.3 is 0 Å². The van der Waals surface area contributed by atoms with Gasteiger partial charge in [0.1, 0.15) is 18.0 Å². The van der Waals surface area contributed by atoms with Crippen molar-refractivity contribution in [3.8, 4) is 17.2 Å². The fourth-order valence-electron chi connectivity index (χ4n) is 3.69. The lowest BCUT2D eigenvalue weighted by atomic mass is 10.0. The van der Waals surface area contributed by atoms with E-state index in [0.29, 0.717) is 23.8 Å². The molecule has 152 valence electrons. The average molecular weight is 395 g/mol. The van der Waals surface area contributed by atoms with Gasteiger partial charge < -0.3 is 19.3 Å². The van der Waals surface area contributed by atoms with Crippen molar-refractivity contribution in [3.05, 3.63) is 54.4 Å². The predicted molar refractivity (Wildman–Crippen MR) is 109 cm³/mol. The van der Waals surface area contributed by atoms with Gasteiger partial charge in [-0.1, -0.05) is 6.07 Å². The zero-order valence-corrected chi connectivity index (χ0v) is 16.6. The molecule has 1 aliphatic rings. The van der Waals surface area contributed by atoms with E-state index in [9.17, 15) is 5.11 Å². The van der Waals surface area contributed by atoms with Crippen molar-refractivity contribution in [1.29, 1.82) is 0 Å². The molecule has 0 spiro atoms. The van der Waals surface area contributed by atoms with Crippen molar-refractivity contribution in [2.75, 3.05) is 27.3 Å². The Bertz CT molecular complexity index is 981. The maximum atomic E-state index is 10.6. The van der Waals surface area contributed by atoms with E-state index in [1.54, 1.807) is 38.7 Å². The summed E-state index contributed by atoms with van der Waals surface area (Å²) < 4.78 is 16.6. The van der Waals surface area contributed by atoms with E-state index < -0.39 is 6.10 Å². The van der Waals surface area contributed by atoms with Crippen LogP contribution in [-0.4, -0.2) is 59.5 Å². The van der Waals surface area contributed by atoms with Crippen LogP contribution >= 0.6 is 0 Å². The monoisotopic (exact) mass is 395 g/mol. The van der Waals surface area contributed by atoms with Crippen LogP contribution in [0.1, 0.15) is 12.0 Å². The fourth-order valence-corrected chi connectivity index (χ4v) is 3.69. The summed E-state index contributed by atoms with van der Waals surface area (Å²) in [5.74, 6) is 1.92. The molecule has 1 saturated heterocycles. The number of hydrogen-bond acceptors (Lipinski definition) is 7. The van der Waals surface area contributed by atoms with Gasteiger partial charge in [-0.3, -0.25) is 14.9 Å². The number of benzene rings is 2. The van der Waals surface area contributed by atoms with Crippen molar-refractivity contribution < 1.29 is 19.3 Å². The molecule has 0 radical (unpaired) electrons. The summed E-state index contributed by atoms with van der Waals surface area (Å²) in [6.07, 6.45) is 3.31. The van der Waals surface area contributed by atoms with Crippen molar-refractivity contribution in [2.24, 2.45) is 0 Å². The zero-order chi connectivity index (χ0) is 20.2. The second kappa shape index (κ2) is 8.63. The molecule has 29 heavy (non-hydrogen) atoms. The number of likely N-dealkylation sites (tertiary alicyclic amines) is 1. The van der Waals surface area contributed by atoms with Crippen molar-refractivity contribution in [2.45, 2.75) is 25.2 Å². The number of piperidine rings is 1. The molecule has 2 heterocycles. The Balaban J connectivity index is 1.37. The molecule has 1 N–H and O–H groups in total. The lowest BCUT2D eigenvalue weighted by Crippen LogP contribution is -2.48. The molecule has 1 aliphatic heterocycles. The summed E-state index contributed by atoms with van der Waals surface area (Å²) in [4.78, 5) is 10.9. The molecule has 0 unspecified atom stereocenters. The molecule has 0 bridgehead atoms. The molecular weight excluding hydrogens is 370 g/mol. The highest BCUT2D eigenvalue weighted by molar-refractivity contribution is 5.74. The summed E-state index contributed by atoms with van der Waals surface area (Å²) in [6, 6.07) is 11.5.